The second-order valence-corrected chi connectivity index (χ2v) is 8.47. The van der Waals surface area contributed by atoms with E-state index in [4.69, 9.17) is 17.3 Å². The van der Waals surface area contributed by atoms with Gasteiger partial charge in [-0.15, -0.1) is 0 Å². The fraction of sp³-hybridized carbons (Fsp3) is 0.364. The molecular weight excluding hydrogens is 459 g/mol. The van der Waals surface area contributed by atoms with E-state index >= 15 is 0 Å². The minimum absolute atomic E-state index is 0.0807. The van der Waals surface area contributed by atoms with Crippen LogP contribution in [-0.4, -0.2) is 46.5 Å². The minimum Gasteiger partial charge on any atom is -0.397 e. The van der Waals surface area contributed by atoms with Crippen LogP contribution in [0.5, 0.6) is 0 Å². The summed E-state index contributed by atoms with van der Waals surface area (Å²) in [5.74, 6) is -0.650. The molecule has 2 aromatic carbocycles. The Morgan fingerprint density at radius 3 is 2.61 bits per heavy atom. The van der Waals surface area contributed by atoms with E-state index in [-0.39, 0.29) is 28.9 Å². The smallest absolute Gasteiger partial charge is 0.397 e. The van der Waals surface area contributed by atoms with Crippen LogP contribution in [0.3, 0.4) is 0 Å². The van der Waals surface area contributed by atoms with Gasteiger partial charge in [0.2, 0.25) is 0 Å². The largest absolute Gasteiger partial charge is 0.418 e. The first-order valence-electron chi connectivity index (χ1n) is 10.5. The summed E-state index contributed by atoms with van der Waals surface area (Å²) in [6.45, 7) is 2.27. The highest BCUT2D eigenvalue weighted by molar-refractivity contribution is 6.33. The molecule has 1 amide bonds. The molecule has 3 aromatic rings. The number of alkyl halides is 3. The first-order valence-corrected chi connectivity index (χ1v) is 10.9. The van der Waals surface area contributed by atoms with Crippen LogP contribution < -0.4 is 16.7 Å². The summed E-state index contributed by atoms with van der Waals surface area (Å²) in [7, 11) is 0. The molecule has 0 atom stereocenters. The predicted molar refractivity (Wildman–Crippen MR) is 120 cm³/mol. The van der Waals surface area contributed by atoms with E-state index in [9.17, 15) is 22.8 Å². The molecule has 1 fully saturated rings. The van der Waals surface area contributed by atoms with E-state index < -0.39 is 23.3 Å². The van der Waals surface area contributed by atoms with Crippen LogP contribution in [0.15, 0.2) is 41.2 Å². The van der Waals surface area contributed by atoms with Crippen molar-refractivity contribution in [2.75, 3.05) is 31.9 Å². The zero-order valence-electron chi connectivity index (χ0n) is 17.6. The van der Waals surface area contributed by atoms with Gasteiger partial charge in [-0.05, 0) is 37.1 Å². The molecule has 33 heavy (non-hydrogen) atoms. The zero-order valence-corrected chi connectivity index (χ0v) is 18.3. The van der Waals surface area contributed by atoms with Crippen molar-refractivity contribution in [1.29, 1.82) is 0 Å². The fourth-order valence-electron chi connectivity index (χ4n) is 4.25. The first-order chi connectivity index (χ1) is 15.6. The standard InChI is InChI=1S/C22H23ClF3N5O2/c23-16-12-13(11-15(19(16)27)22(24,25)26)20(32)28-7-10-30-8-5-14(6-9-30)31-18-4-2-1-3-17(18)29-21(31)33/h1-4,11-12,14H,5-10,27H2,(H,28,32)(H,29,33). The Bertz CT molecular complexity index is 1230. The number of nitrogens with one attached hydrogen (secondary N) is 2. The molecule has 0 bridgehead atoms. The van der Waals surface area contributed by atoms with Gasteiger partial charge in [-0.25, -0.2) is 4.79 Å². The summed E-state index contributed by atoms with van der Waals surface area (Å²) in [5.41, 5.74) is 5.05. The van der Waals surface area contributed by atoms with Crippen LogP contribution in [0.4, 0.5) is 18.9 Å². The summed E-state index contributed by atoms with van der Waals surface area (Å²) in [6, 6.07) is 9.49. The lowest BCUT2D eigenvalue weighted by atomic mass is 10.0. The van der Waals surface area contributed by atoms with Gasteiger partial charge in [0.15, 0.2) is 0 Å². The van der Waals surface area contributed by atoms with Crippen molar-refractivity contribution in [3.8, 4) is 0 Å². The Morgan fingerprint density at radius 1 is 1.21 bits per heavy atom. The maximum atomic E-state index is 13.1. The van der Waals surface area contributed by atoms with E-state index in [0.29, 0.717) is 12.6 Å². The number of para-hydroxylation sites is 2. The number of benzene rings is 2. The molecule has 7 nitrogen and oxygen atoms in total. The topological polar surface area (TPSA) is 96.2 Å². The summed E-state index contributed by atoms with van der Waals surface area (Å²) in [6.07, 6.45) is -3.16. The number of likely N-dealkylation sites (tertiary alicyclic amines) is 1. The van der Waals surface area contributed by atoms with Gasteiger partial charge >= 0.3 is 11.9 Å². The lowest BCUT2D eigenvalue weighted by molar-refractivity contribution is -0.136. The first kappa shape index (κ1) is 23.2. The van der Waals surface area contributed by atoms with Gasteiger partial charge in [0.05, 0.1) is 27.3 Å². The number of H-pyrrole nitrogens is 1. The maximum absolute atomic E-state index is 13.1. The second kappa shape index (κ2) is 9.11. The summed E-state index contributed by atoms with van der Waals surface area (Å²) in [4.78, 5) is 29.8. The maximum Gasteiger partial charge on any atom is 0.418 e. The van der Waals surface area contributed by atoms with Crippen molar-refractivity contribution >= 4 is 34.2 Å². The molecule has 0 aliphatic carbocycles. The second-order valence-electron chi connectivity index (χ2n) is 8.06. The molecular formula is C22H23ClF3N5O2. The molecule has 176 valence electrons. The van der Waals surface area contributed by atoms with Gasteiger partial charge < -0.3 is 20.9 Å². The van der Waals surface area contributed by atoms with E-state index in [1.54, 1.807) is 4.57 Å². The molecule has 1 saturated heterocycles. The van der Waals surface area contributed by atoms with Crippen LogP contribution in [0.2, 0.25) is 5.02 Å². The number of halogens is 4. The number of fused-ring (bicyclic) bond motifs is 1. The minimum atomic E-state index is -4.71. The fourth-order valence-corrected chi connectivity index (χ4v) is 4.47. The molecule has 0 saturated carbocycles. The van der Waals surface area contributed by atoms with E-state index in [2.05, 4.69) is 15.2 Å². The highest BCUT2D eigenvalue weighted by Crippen LogP contribution is 2.37. The summed E-state index contributed by atoms with van der Waals surface area (Å²) >= 11 is 5.79. The number of anilines is 1. The van der Waals surface area contributed by atoms with Crippen molar-refractivity contribution in [3.05, 3.63) is 63.0 Å². The molecule has 4 rings (SSSR count). The van der Waals surface area contributed by atoms with Gasteiger partial charge in [0, 0.05) is 37.8 Å². The Labute approximate surface area is 192 Å². The van der Waals surface area contributed by atoms with Crippen LogP contribution >= 0.6 is 11.6 Å². The van der Waals surface area contributed by atoms with Gasteiger partial charge in [0.25, 0.3) is 5.91 Å². The molecule has 0 spiro atoms. The molecule has 1 aliphatic rings. The van der Waals surface area contributed by atoms with E-state index in [1.807, 2.05) is 24.3 Å². The highest BCUT2D eigenvalue weighted by atomic mass is 35.5. The number of carbonyl (C=O) groups excluding carboxylic acids is 1. The summed E-state index contributed by atoms with van der Waals surface area (Å²) in [5, 5.41) is 2.32. The quantitative estimate of drug-likeness (QED) is 0.485. The van der Waals surface area contributed by atoms with Crippen molar-refractivity contribution < 1.29 is 18.0 Å². The lowest BCUT2D eigenvalue weighted by Gasteiger charge is -2.32. The third kappa shape index (κ3) is 4.86. The van der Waals surface area contributed by atoms with Crippen molar-refractivity contribution in [2.45, 2.75) is 25.1 Å². The molecule has 4 N–H and O–H groups in total. The number of piperidine rings is 1. The number of carbonyl (C=O) groups is 1. The SMILES string of the molecule is Nc1c(Cl)cc(C(=O)NCCN2CCC(n3c(=O)[nH]c4ccccc43)CC2)cc1C(F)(F)F. The number of hydrogen-bond acceptors (Lipinski definition) is 4. The highest BCUT2D eigenvalue weighted by Gasteiger charge is 2.35. The Balaban J connectivity index is 1.32. The number of imidazole rings is 1. The average molecular weight is 482 g/mol. The number of aromatic amines is 1. The number of amides is 1. The van der Waals surface area contributed by atoms with Gasteiger partial charge in [-0.1, -0.05) is 23.7 Å². The lowest BCUT2D eigenvalue weighted by Crippen LogP contribution is -2.41. The van der Waals surface area contributed by atoms with E-state index in [1.165, 1.54) is 0 Å². The number of hydrogen-bond donors (Lipinski definition) is 3. The third-order valence-corrected chi connectivity index (χ3v) is 6.27. The number of aromatic nitrogens is 2. The predicted octanol–water partition coefficient (Wildman–Crippen LogP) is 3.65. The average Bonchev–Trinajstić information content (AvgIpc) is 3.10. The third-order valence-electron chi connectivity index (χ3n) is 5.96. The Morgan fingerprint density at radius 2 is 1.91 bits per heavy atom. The Kier molecular flexibility index (Phi) is 6.40. The molecule has 1 aliphatic heterocycles. The number of nitrogens with two attached hydrogens (primary N) is 1. The van der Waals surface area contributed by atoms with Crippen molar-refractivity contribution in [3.63, 3.8) is 0 Å². The van der Waals surface area contributed by atoms with Crippen LogP contribution in [0.25, 0.3) is 11.0 Å². The monoisotopic (exact) mass is 481 g/mol. The van der Waals surface area contributed by atoms with Gasteiger partial charge in [-0.3, -0.25) is 9.36 Å². The molecule has 11 heteroatoms. The zero-order chi connectivity index (χ0) is 23.8. The van der Waals surface area contributed by atoms with Gasteiger partial charge in [0.1, 0.15) is 0 Å². The van der Waals surface area contributed by atoms with Gasteiger partial charge in [-0.2, -0.15) is 13.2 Å². The summed E-state index contributed by atoms with van der Waals surface area (Å²) < 4.78 is 41.1. The molecule has 1 aromatic heterocycles. The van der Waals surface area contributed by atoms with Crippen LogP contribution in [0, 0.1) is 0 Å². The Hall–Kier alpha value is -2.98. The molecule has 0 radical (unpaired) electrons. The number of nitrogen functional groups attached to an aromatic ring is 1. The number of nitrogens with zero attached hydrogens (tertiary/aromatic N) is 2. The van der Waals surface area contributed by atoms with Crippen LogP contribution in [0.1, 0.15) is 34.8 Å². The molecule has 0 unspecified atom stereocenters. The van der Waals surface area contributed by atoms with Crippen molar-refractivity contribution in [1.82, 2.24) is 19.8 Å². The van der Waals surface area contributed by atoms with Crippen LogP contribution in [-0.2, 0) is 6.18 Å². The van der Waals surface area contributed by atoms with Crippen molar-refractivity contribution in [2.24, 2.45) is 0 Å². The normalized spacial score (nSPS) is 15.8. The molecule has 2 heterocycles. The van der Waals surface area contributed by atoms with E-state index in [0.717, 1.165) is 43.0 Å². The number of rotatable bonds is 5.